The Kier molecular flexibility index (Phi) is 5.87. The number of hydrogen-bond acceptors (Lipinski definition) is 4. The standard InChI is InChI=1S/C22H30N4O3/c1-24-17(14-21(27)26-9-11-29-12-10-26)7-8-18(24)15-23-22(28)20-13-16-5-3-4-6-19(16)25(20)2/h3-6,13,17-18H,7-12,14-15H2,1-2H3,(H,23,28)/t17-,18+/m1/s1. The third-order valence-corrected chi connectivity index (χ3v) is 6.44. The van der Waals surface area contributed by atoms with Crippen molar-refractivity contribution >= 4 is 22.7 Å². The molecule has 7 heteroatoms. The normalized spacial score (nSPS) is 22.9. The van der Waals surface area contributed by atoms with Crippen LogP contribution in [0.15, 0.2) is 30.3 Å². The third kappa shape index (κ3) is 4.16. The first kappa shape index (κ1) is 19.9. The molecule has 0 saturated carbocycles. The summed E-state index contributed by atoms with van der Waals surface area (Å²) in [6.07, 6.45) is 2.53. The van der Waals surface area contributed by atoms with Gasteiger partial charge in [-0.1, -0.05) is 18.2 Å². The van der Waals surface area contributed by atoms with Crippen molar-refractivity contribution in [3.63, 3.8) is 0 Å². The van der Waals surface area contributed by atoms with Crippen LogP contribution in [0.1, 0.15) is 29.8 Å². The maximum Gasteiger partial charge on any atom is 0.267 e. The number of morpholine rings is 1. The van der Waals surface area contributed by atoms with Gasteiger partial charge in [-0.2, -0.15) is 0 Å². The molecule has 2 aromatic rings. The predicted molar refractivity (Wildman–Crippen MR) is 112 cm³/mol. The zero-order valence-corrected chi connectivity index (χ0v) is 17.3. The highest BCUT2D eigenvalue weighted by Crippen LogP contribution is 2.25. The molecule has 0 bridgehead atoms. The lowest BCUT2D eigenvalue weighted by Crippen LogP contribution is -2.45. The van der Waals surface area contributed by atoms with Gasteiger partial charge in [-0.05, 0) is 32.0 Å². The number of hydrogen-bond donors (Lipinski definition) is 1. The summed E-state index contributed by atoms with van der Waals surface area (Å²) in [5.41, 5.74) is 1.73. The van der Waals surface area contributed by atoms with Crippen LogP contribution >= 0.6 is 0 Å². The molecular weight excluding hydrogens is 368 g/mol. The molecule has 2 amide bonds. The van der Waals surface area contributed by atoms with Crippen LogP contribution in [0, 0.1) is 0 Å². The molecule has 1 aromatic heterocycles. The topological polar surface area (TPSA) is 66.8 Å². The molecule has 2 atom stereocenters. The average Bonchev–Trinajstić information content (AvgIpc) is 3.27. The van der Waals surface area contributed by atoms with E-state index < -0.39 is 0 Å². The predicted octanol–water partition coefficient (Wildman–Crippen LogP) is 1.62. The number of aromatic nitrogens is 1. The summed E-state index contributed by atoms with van der Waals surface area (Å²) in [7, 11) is 3.99. The van der Waals surface area contributed by atoms with Gasteiger partial charge in [-0.25, -0.2) is 0 Å². The molecule has 2 saturated heterocycles. The lowest BCUT2D eigenvalue weighted by Gasteiger charge is -2.30. The molecule has 1 aromatic carbocycles. The minimum absolute atomic E-state index is 0.0510. The molecule has 7 nitrogen and oxygen atoms in total. The summed E-state index contributed by atoms with van der Waals surface area (Å²) in [6, 6.07) is 10.4. The van der Waals surface area contributed by atoms with Crippen molar-refractivity contribution in [2.24, 2.45) is 7.05 Å². The molecule has 4 rings (SSSR count). The summed E-state index contributed by atoms with van der Waals surface area (Å²) in [5.74, 6) is 0.162. The number of benzene rings is 1. The molecule has 0 unspecified atom stereocenters. The van der Waals surface area contributed by atoms with E-state index in [1.807, 2.05) is 46.8 Å². The zero-order chi connectivity index (χ0) is 20.4. The molecule has 156 valence electrons. The summed E-state index contributed by atoms with van der Waals surface area (Å²) in [5, 5.41) is 4.17. The summed E-state index contributed by atoms with van der Waals surface area (Å²) in [4.78, 5) is 29.5. The number of amides is 2. The van der Waals surface area contributed by atoms with E-state index in [-0.39, 0.29) is 23.9 Å². The molecule has 0 spiro atoms. The molecule has 29 heavy (non-hydrogen) atoms. The zero-order valence-electron chi connectivity index (χ0n) is 17.3. The number of carbonyl (C=O) groups is 2. The fourth-order valence-electron chi connectivity index (χ4n) is 4.53. The van der Waals surface area contributed by atoms with E-state index in [1.54, 1.807) is 0 Å². The fourth-order valence-corrected chi connectivity index (χ4v) is 4.53. The van der Waals surface area contributed by atoms with E-state index in [1.165, 1.54) is 0 Å². The number of carbonyl (C=O) groups excluding carboxylic acids is 2. The van der Waals surface area contributed by atoms with E-state index in [0.29, 0.717) is 45.0 Å². The smallest absolute Gasteiger partial charge is 0.267 e. The minimum atomic E-state index is -0.0510. The van der Waals surface area contributed by atoms with E-state index in [2.05, 4.69) is 17.3 Å². The average molecular weight is 399 g/mol. The van der Waals surface area contributed by atoms with Gasteiger partial charge in [0, 0.05) is 56.1 Å². The van der Waals surface area contributed by atoms with E-state index in [4.69, 9.17) is 4.74 Å². The number of likely N-dealkylation sites (tertiary alicyclic amines) is 1. The highest BCUT2D eigenvalue weighted by Gasteiger charge is 2.33. The van der Waals surface area contributed by atoms with Gasteiger partial charge in [0.2, 0.25) is 5.91 Å². The molecular formula is C22H30N4O3. The number of ether oxygens (including phenoxy) is 1. The second-order valence-corrected chi connectivity index (χ2v) is 8.11. The Morgan fingerprint density at radius 1 is 1.10 bits per heavy atom. The number of rotatable bonds is 5. The lowest BCUT2D eigenvalue weighted by atomic mass is 10.1. The van der Waals surface area contributed by atoms with Crippen LogP contribution in [0.25, 0.3) is 10.9 Å². The Hall–Kier alpha value is -2.38. The molecule has 2 aliphatic heterocycles. The first-order valence-corrected chi connectivity index (χ1v) is 10.4. The number of aryl methyl sites for hydroxylation is 1. The molecule has 0 aliphatic carbocycles. The van der Waals surface area contributed by atoms with Crippen LogP contribution < -0.4 is 5.32 Å². The van der Waals surface area contributed by atoms with Gasteiger partial charge in [0.1, 0.15) is 5.69 Å². The Labute approximate surface area is 171 Å². The first-order valence-electron chi connectivity index (χ1n) is 10.4. The molecule has 1 N–H and O–H groups in total. The van der Waals surface area contributed by atoms with Crippen LogP contribution in [0.4, 0.5) is 0 Å². The molecule has 2 aliphatic rings. The van der Waals surface area contributed by atoms with Crippen molar-refractivity contribution < 1.29 is 14.3 Å². The third-order valence-electron chi connectivity index (χ3n) is 6.44. The van der Waals surface area contributed by atoms with Crippen LogP contribution in [-0.2, 0) is 16.6 Å². The van der Waals surface area contributed by atoms with Gasteiger partial charge in [0.25, 0.3) is 5.91 Å². The highest BCUT2D eigenvalue weighted by atomic mass is 16.5. The van der Waals surface area contributed by atoms with Gasteiger partial charge >= 0.3 is 0 Å². The monoisotopic (exact) mass is 398 g/mol. The lowest BCUT2D eigenvalue weighted by molar-refractivity contribution is -0.136. The van der Waals surface area contributed by atoms with Crippen molar-refractivity contribution in [2.45, 2.75) is 31.3 Å². The van der Waals surface area contributed by atoms with Crippen LogP contribution in [-0.4, -0.2) is 78.2 Å². The fraction of sp³-hybridized carbons (Fsp3) is 0.545. The Balaban J connectivity index is 1.31. The van der Waals surface area contributed by atoms with Crippen molar-refractivity contribution in [1.29, 1.82) is 0 Å². The first-order chi connectivity index (χ1) is 14.0. The van der Waals surface area contributed by atoms with E-state index in [9.17, 15) is 9.59 Å². The Bertz CT molecular complexity index is 887. The quantitative estimate of drug-likeness (QED) is 0.831. The van der Waals surface area contributed by atoms with E-state index >= 15 is 0 Å². The number of likely N-dealkylation sites (N-methyl/N-ethyl adjacent to an activating group) is 1. The minimum Gasteiger partial charge on any atom is -0.378 e. The van der Waals surface area contributed by atoms with Crippen LogP contribution in [0.3, 0.4) is 0 Å². The SMILES string of the molecule is CN1[C@@H](CC(=O)N2CCOCC2)CC[C@H]1CNC(=O)c1cc2ccccc2n1C. The van der Waals surface area contributed by atoms with Crippen LogP contribution in [0.2, 0.25) is 0 Å². The summed E-state index contributed by atoms with van der Waals surface area (Å²) >= 11 is 0. The largest absolute Gasteiger partial charge is 0.378 e. The molecule has 2 fully saturated rings. The molecule has 0 radical (unpaired) electrons. The van der Waals surface area contributed by atoms with Crippen molar-refractivity contribution in [2.75, 3.05) is 39.9 Å². The van der Waals surface area contributed by atoms with Gasteiger partial charge in [0.05, 0.1) is 13.2 Å². The molecule has 3 heterocycles. The summed E-state index contributed by atoms with van der Waals surface area (Å²) < 4.78 is 7.27. The Morgan fingerprint density at radius 2 is 1.83 bits per heavy atom. The highest BCUT2D eigenvalue weighted by molar-refractivity contribution is 5.98. The second kappa shape index (κ2) is 8.55. The second-order valence-electron chi connectivity index (χ2n) is 8.11. The van der Waals surface area contributed by atoms with Gasteiger partial charge in [0.15, 0.2) is 0 Å². The van der Waals surface area contributed by atoms with Crippen LogP contribution in [0.5, 0.6) is 0 Å². The maximum atomic E-state index is 12.7. The van der Waals surface area contributed by atoms with E-state index in [0.717, 1.165) is 23.7 Å². The van der Waals surface area contributed by atoms with Gasteiger partial charge in [-0.3, -0.25) is 14.5 Å². The maximum absolute atomic E-state index is 12.7. The van der Waals surface area contributed by atoms with Gasteiger partial charge < -0.3 is 19.5 Å². The van der Waals surface area contributed by atoms with Crippen molar-refractivity contribution in [3.05, 3.63) is 36.0 Å². The van der Waals surface area contributed by atoms with Crippen molar-refractivity contribution in [3.8, 4) is 0 Å². The number of nitrogens with one attached hydrogen (secondary N) is 1. The van der Waals surface area contributed by atoms with Crippen molar-refractivity contribution in [1.82, 2.24) is 19.7 Å². The number of fused-ring (bicyclic) bond motifs is 1. The Morgan fingerprint density at radius 3 is 2.59 bits per heavy atom. The summed E-state index contributed by atoms with van der Waals surface area (Å²) in [6.45, 7) is 3.25. The number of para-hydroxylation sites is 1. The van der Waals surface area contributed by atoms with Gasteiger partial charge in [-0.15, -0.1) is 0 Å². The number of nitrogens with zero attached hydrogens (tertiary/aromatic N) is 3.